The monoisotopic (exact) mass is 304 g/mol. The molecule has 0 aliphatic heterocycles. The lowest BCUT2D eigenvalue weighted by atomic mass is 10.1. The molecule has 5 nitrogen and oxygen atoms in total. The highest BCUT2D eigenvalue weighted by Crippen LogP contribution is 2.24. The van der Waals surface area contributed by atoms with Crippen LogP contribution in [0.5, 0.6) is 0 Å². The van der Waals surface area contributed by atoms with Gasteiger partial charge in [-0.3, -0.25) is 0 Å². The van der Waals surface area contributed by atoms with Crippen LogP contribution in [0, 0.1) is 5.39 Å². The second-order valence-electron chi connectivity index (χ2n) is 3.50. The van der Waals surface area contributed by atoms with Crippen molar-refractivity contribution in [2.24, 2.45) is 0 Å². The van der Waals surface area contributed by atoms with Crippen molar-refractivity contribution < 1.29 is 26.1 Å². The Morgan fingerprint density at radius 3 is 2.05 bits per heavy atom. The Kier molecular flexibility index (Phi) is 4.65. The molecule has 0 atom stereocenters. The fourth-order valence-corrected chi connectivity index (χ4v) is 1.30. The number of hydrogen-bond acceptors (Lipinski definition) is 4. The van der Waals surface area contributed by atoms with Gasteiger partial charge in [-0.2, -0.15) is 13.2 Å². The van der Waals surface area contributed by atoms with Crippen molar-refractivity contribution in [1.82, 2.24) is 0 Å². The van der Waals surface area contributed by atoms with Crippen LogP contribution in [-0.2, 0) is 10.1 Å². The molecule has 0 radical (unpaired) electrons. The number of diazo groups is 1. The zero-order valence-corrected chi connectivity index (χ0v) is 10.5. The van der Waals surface area contributed by atoms with Crippen molar-refractivity contribution >= 4 is 26.6 Å². The van der Waals surface area contributed by atoms with Crippen molar-refractivity contribution in [1.29, 1.82) is 5.39 Å². The second-order valence-corrected chi connectivity index (χ2v) is 4.87. The molecule has 0 aliphatic rings. The first-order chi connectivity index (χ1) is 9.17. The van der Waals surface area contributed by atoms with Gasteiger partial charge in [0.2, 0.25) is 5.39 Å². The summed E-state index contributed by atoms with van der Waals surface area (Å²) in [6.45, 7) is 0. The zero-order valence-electron chi connectivity index (χ0n) is 9.70. The van der Waals surface area contributed by atoms with E-state index in [1.165, 1.54) is 0 Å². The van der Waals surface area contributed by atoms with Crippen molar-refractivity contribution in [2.75, 3.05) is 0 Å². The summed E-state index contributed by atoms with van der Waals surface area (Å²) in [7, 11) is -6.09. The molecule has 0 amide bonds. The number of rotatable bonds is 0. The van der Waals surface area contributed by atoms with Gasteiger partial charge in [0.1, 0.15) is 0 Å². The molecular formula is C11H7F3N2O3S. The molecule has 9 heteroatoms. The first kappa shape index (κ1) is 15.9. The SMILES string of the molecule is N#[N+]c1cccc2ccccc12.O=S(=O)([O-])C(F)(F)F. The van der Waals surface area contributed by atoms with Gasteiger partial charge in [-0.15, -0.1) is 0 Å². The maximum Gasteiger partial charge on any atom is 0.485 e. The highest BCUT2D eigenvalue weighted by molar-refractivity contribution is 7.86. The summed E-state index contributed by atoms with van der Waals surface area (Å²) in [4.78, 5) is 3.20. The van der Waals surface area contributed by atoms with Gasteiger partial charge in [0.15, 0.2) is 15.1 Å². The van der Waals surface area contributed by atoms with Gasteiger partial charge in [-0.25, -0.2) is 8.42 Å². The van der Waals surface area contributed by atoms with E-state index in [-0.39, 0.29) is 0 Å². The van der Waals surface area contributed by atoms with Gasteiger partial charge >= 0.3 is 11.2 Å². The largest absolute Gasteiger partial charge is 0.741 e. The van der Waals surface area contributed by atoms with E-state index in [2.05, 4.69) is 4.98 Å². The Hall–Kier alpha value is -2.18. The Labute approximate surface area is 112 Å². The van der Waals surface area contributed by atoms with Crippen LogP contribution in [0.25, 0.3) is 15.7 Å². The van der Waals surface area contributed by atoms with Crippen LogP contribution in [-0.4, -0.2) is 18.5 Å². The smallest absolute Gasteiger partial charge is 0.485 e. The van der Waals surface area contributed by atoms with Gasteiger partial charge in [0.25, 0.3) is 0 Å². The maximum absolute atomic E-state index is 10.7. The van der Waals surface area contributed by atoms with Gasteiger partial charge in [0, 0.05) is 6.07 Å². The molecule has 2 rings (SSSR count). The Bertz CT molecular complexity index is 746. The van der Waals surface area contributed by atoms with Crippen molar-refractivity contribution in [2.45, 2.75) is 5.51 Å². The molecule has 2 aromatic carbocycles. The van der Waals surface area contributed by atoms with Crippen LogP contribution in [0.15, 0.2) is 42.5 Å². The molecule has 0 unspecified atom stereocenters. The van der Waals surface area contributed by atoms with E-state index in [0.29, 0.717) is 5.69 Å². The van der Waals surface area contributed by atoms with Gasteiger partial charge < -0.3 is 4.55 Å². The van der Waals surface area contributed by atoms with Crippen LogP contribution in [0.4, 0.5) is 18.9 Å². The highest BCUT2D eigenvalue weighted by Gasteiger charge is 2.36. The summed E-state index contributed by atoms with van der Waals surface area (Å²) in [5.74, 6) is 0. The number of nitrogens with zero attached hydrogens (tertiary/aromatic N) is 2. The average molecular weight is 304 g/mol. The lowest BCUT2D eigenvalue weighted by Gasteiger charge is -2.08. The molecule has 106 valence electrons. The molecule has 0 N–H and O–H groups in total. The maximum atomic E-state index is 10.7. The van der Waals surface area contributed by atoms with Gasteiger partial charge in [0.05, 0.1) is 5.39 Å². The van der Waals surface area contributed by atoms with E-state index in [1.807, 2.05) is 36.4 Å². The second kappa shape index (κ2) is 5.85. The topological polar surface area (TPSA) is 85.3 Å². The lowest BCUT2D eigenvalue weighted by Crippen LogP contribution is -2.21. The van der Waals surface area contributed by atoms with Crippen molar-refractivity contribution in [3.8, 4) is 0 Å². The van der Waals surface area contributed by atoms with Crippen molar-refractivity contribution in [3.63, 3.8) is 0 Å². The van der Waals surface area contributed by atoms with Crippen LogP contribution in [0.1, 0.15) is 0 Å². The molecule has 2 aromatic rings. The quantitative estimate of drug-likeness (QED) is 0.424. The third kappa shape index (κ3) is 3.91. The molecule has 0 fully saturated rings. The predicted molar refractivity (Wildman–Crippen MR) is 64.4 cm³/mol. The summed E-state index contributed by atoms with van der Waals surface area (Å²) in [6.07, 6.45) is 0. The summed E-state index contributed by atoms with van der Waals surface area (Å²) < 4.78 is 58.9. The van der Waals surface area contributed by atoms with Crippen LogP contribution in [0.3, 0.4) is 0 Å². The molecule has 20 heavy (non-hydrogen) atoms. The molecular weight excluding hydrogens is 297 g/mol. The summed E-state index contributed by atoms with van der Waals surface area (Å²) in [5, 5.41) is 10.7. The minimum Gasteiger partial charge on any atom is -0.741 e. The normalized spacial score (nSPS) is 11.3. The molecule has 0 saturated carbocycles. The van der Waals surface area contributed by atoms with E-state index in [1.54, 1.807) is 6.07 Å². The minimum atomic E-state index is -6.09. The van der Waals surface area contributed by atoms with Gasteiger partial charge in [-0.1, -0.05) is 30.3 Å². The minimum absolute atomic E-state index is 0.619. The molecule has 0 spiro atoms. The van der Waals surface area contributed by atoms with E-state index < -0.39 is 15.6 Å². The van der Waals surface area contributed by atoms with Gasteiger partial charge in [-0.05, 0) is 11.5 Å². The molecule has 0 bridgehead atoms. The molecule has 0 aromatic heterocycles. The number of alkyl halides is 3. The highest BCUT2D eigenvalue weighted by atomic mass is 32.2. The first-order valence-corrected chi connectivity index (χ1v) is 6.42. The Morgan fingerprint density at radius 1 is 1.05 bits per heavy atom. The summed E-state index contributed by atoms with van der Waals surface area (Å²) in [6, 6.07) is 13.5. The number of halogens is 3. The van der Waals surface area contributed by atoms with E-state index >= 15 is 0 Å². The molecule has 0 aliphatic carbocycles. The number of hydrogen-bond donors (Lipinski definition) is 0. The molecule has 0 heterocycles. The standard InChI is InChI=1S/C10H7N2.CHF3O3S/c11-12-10-7-3-5-8-4-1-2-6-9(8)10;2-1(3,4)8(5,6)7/h1-7H;(H,5,6,7)/q+1;/p-1. The van der Waals surface area contributed by atoms with E-state index in [0.717, 1.165) is 10.8 Å². The zero-order chi connectivity index (χ0) is 15.4. The number of fused-ring (bicyclic) bond motifs is 1. The third-order valence-electron chi connectivity index (χ3n) is 2.16. The Morgan fingerprint density at radius 2 is 1.55 bits per heavy atom. The number of benzene rings is 2. The third-order valence-corrected chi connectivity index (χ3v) is 2.72. The van der Waals surface area contributed by atoms with Crippen molar-refractivity contribution in [3.05, 3.63) is 47.4 Å². The van der Waals surface area contributed by atoms with Crippen LogP contribution < -0.4 is 0 Å². The fourth-order valence-electron chi connectivity index (χ4n) is 1.30. The predicted octanol–water partition coefficient (Wildman–Crippen LogP) is 3.38. The van der Waals surface area contributed by atoms with Crippen LogP contribution in [0.2, 0.25) is 0 Å². The average Bonchev–Trinajstić information content (AvgIpc) is 2.36. The van der Waals surface area contributed by atoms with E-state index in [4.69, 9.17) is 18.4 Å². The fraction of sp³-hybridized carbons (Fsp3) is 0.0909. The van der Waals surface area contributed by atoms with E-state index in [9.17, 15) is 13.2 Å². The van der Waals surface area contributed by atoms with Crippen LogP contribution >= 0.6 is 0 Å². The lowest BCUT2D eigenvalue weighted by molar-refractivity contribution is -0.0517. The first-order valence-electron chi connectivity index (χ1n) is 5.02. The summed E-state index contributed by atoms with van der Waals surface area (Å²) in [5.41, 5.74) is -5.03. The Balaban J connectivity index is 0.000000221. The molecule has 0 saturated heterocycles. The summed E-state index contributed by atoms with van der Waals surface area (Å²) >= 11 is 0.